The van der Waals surface area contributed by atoms with Crippen molar-refractivity contribution in [2.24, 2.45) is 0 Å². The van der Waals surface area contributed by atoms with Gasteiger partial charge in [0.15, 0.2) is 0 Å². The van der Waals surface area contributed by atoms with Gasteiger partial charge >= 0.3 is 0 Å². The van der Waals surface area contributed by atoms with Crippen LogP contribution in [0.5, 0.6) is 0 Å². The lowest BCUT2D eigenvalue weighted by Crippen LogP contribution is -1.92. The highest BCUT2D eigenvalue weighted by atomic mass is 16.3. The first-order chi connectivity index (χ1) is 36.7. The second-order valence-electron chi connectivity index (χ2n) is 19.8. The lowest BCUT2D eigenvalue weighted by Gasteiger charge is -2.19. The third kappa shape index (κ3) is 6.00. The van der Waals surface area contributed by atoms with Gasteiger partial charge in [-0.05, 0) is 163 Å². The molecule has 16 aromatic rings. The Kier molecular flexibility index (Phi) is 8.78. The topological polar surface area (TPSA) is 26.3 Å². The smallest absolute Gasteiger partial charge is 0.136 e. The van der Waals surface area contributed by atoms with Crippen LogP contribution in [0.2, 0.25) is 0 Å². The van der Waals surface area contributed by atoms with Crippen LogP contribution in [0.25, 0.3) is 164 Å². The molecule has 2 nitrogen and oxygen atoms in total. The Morgan fingerprint density at radius 1 is 0.189 bits per heavy atom. The van der Waals surface area contributed by atoms with E-state index in [4.69, 9.17) is 8.83 Å². The molecule has 0 N–H and O–H groups in total. The van der Waals surface area contributed by atoms with Crippen LogP contribution in [0.3, 0.4) is 0 Å². The van der Waals surface area contributed by atoms with E-state index in [1.807, 2.05) is 12.1 Å². The van der Waals surface area contributed by atoms with Gasteiger partial charge in [0.25, 0.3) is 0 Å². The Morgan fingerprint density at radius 2 is 0.554 bits per heavy atom. The van der Waals surface area contributed by atoms with E-state index < -0.39 is 0 Å². The van der Waals surface area contributed by atoms with Crippen molar-refractivity contribution in [3.63, 3.8) is 0 Å². The van der Waals surface area contributed by atoms with Gasteiger partial charge in [0, 0.05) is 21.5 Å². The second-order valence-corrected chi connectivity index (χ2v) is 19.8. The molecule has 0 atom stereocenters. The average Bonchev–Trinajstić information content (AvgIpc) is 4.08. The Hall–Kier alpha value is -9.76. The summed E-state index contributed by atoms with van der Waals surface area (Å²) in [5.74, 6) is 0. The maximum atomic E-state index is 6.42. The summed E-state index contributed by atoms with van der Waals surface area (Å²) in [5, 5.41) is 19.3. The summed E-state index contributed by atoms with van der Waals surface area (Å²) in [6, 6.07) is 93.2. The molecule has 74 heavy (non-hydrogen) atoms. The largest absolute Gasteiger partial charge is 0.456 e. The predicted octanol–water partition coefficient (Wildman–Crippen LogP) is 20.7. The van der Waals surface area contributed by atoms with Crippen molar-refractivity contribution >= 4 is 109 Å². The van der Waals surface area contributed by atoms with Crippen molar-refractivity contribution in [3.05, 3.63) is 255 Å². The van der Waals surface area contributed by atoms with E-state index in [0.29, 0.717) is 0 Å². The fourth-order valence-electron chi connectivity index (χ4n) is 12.7. The summed E-state index contributed by atoms with van der Waals surface area (Å²) in [6.45, 7) is 0. The molecular formula is C72H42O2. The van der Waals surface area contributed by atoms with Gasteiger partial charge in [0.05, 0.1) is 0 Å². The standard InChI is InChI=1S/C72H42O2/c1-3-21-55-53(19-1)68(47-36-39-66-63(42-47)50-18-9-11-31-64(50)73-66)54-20-2-4-22-56(54)69(55)51-28-13-16-45-40-43(34-37-48(45)51)44-35-38-49-46(41-44)17-14-29-52(49)70-57-23-5-7-25-59(57)71(60-26-8-6-24-58(60)70)62-30-15-33-67-72(62)61-27-10-12-32-65(61)74-67/h1-42H. The van der Waals surface area contributed by atoms with Gasteiger partial charge in [-0.2, -0.15) is 0 Å². The SMILES string of the molecule is c1cc(-c2c3ccccc3c(-c3ccc4oc5ccccc5c4c3)c3ccccc23)c2ccc(-c3ccc4c(-c5c6ccccc6c(-c6cccc7oc8ccccc8c67)c6ccccc56)cccc4c3)cc2c1. The summed E-state index contributed by atoms with van der Waals surface area (Å²) < 4.78 is 12.7. The number of furan rings is 2. The number of benzene rings is 14. The maximum absolute atomic E-state index is 6.42. The third-order valence-corrected chi connectivity index (χ3v) is 15.8. The molecule has 2 heterocycles. The van der Waals surface area contributed by atoms with Crippen molar-refractivity contribution in [2.45, 2.75) is 0 Å². The Bertz CT molecular complexity index is 4910. The molecule has 2 aromatic heterocycles. The van der Waals surface area contributed by atoms with Crippen molar-refractivity contribution in [1.29, 1.82) is 0 Å². The van der Waals surface area contributed by atoms with Crippen molar-refractivity contribution in [3.8, 4) is 55.6 Å². The number of para-hydroxylation sites is 2. The molecule has 0 aliphatic heterocycles. The molecule has 2 heteroatoms. The molecule has 0 saturated carbocycles. The highest BCUT2D eigenvalue weighted by Gasteiger charge is 2.23. The first kappa shape index (κ1) is 40.9. The van der Waals surface area contributed by atoms with Crippen LogP contribution in [0.4, 0.5) is 0 Å². The van der Waals surface area contributed by atoms with Gasteiger partial charge in [-0.1, -0.05) is 212 Å². The molecule has 0 fully saturated rings. The summed E-state index contributed by atoms with van der Waals surface area (Å²) in [5.41, 5.74) is 15.8. The van der Waals surface area contributed by atoms with E-state index >= 15 is 0 Å². The zero-order chi connectivity index (χ0) is 48.4. The van der Waals surface area contributed by atoms with E-state index in [1.165, 1.54) is 120 Å². The molecule has 0 aliphatic carbocycles. The highest BCUT2D eigenvalue weighted by Crippen LogP contribution is 2.50. The van der Waals surface area contributed by atoms with E-state index in [0.717, 1.165) is 43.9 Å². The minimum atomic E-state index is 0.903. The Balaban J connectivity index is 0.830. The zero-order valence-electron chi connectivity index (χ0n) is 40.1. The summed E-state index contributed by atoms with van der Waals surface area (Å²) in [7, 11) is 0. The number of rotatable bonds is 5. The van der Waals surface area contributed by atoms with Gasteiger partial charge in [0.1, 0.15) is 22.3 Å². The molecular weight excluding hydrogens is 897 g/mol. The summed E-state index contributed by atoms with van der Waals surface area (Å²) >= 11 is 0. The average molecular weight is 939 g/mol. The van der Waals surface area contributed by atoms with Crippen LogP contribution in [0, 0.1) is 0 Å². The second kappa shape index (κ2) is 15.9. The fourth-order valence-corrected chi connectivity index (χ4v) is 12.7. The van der Waals surface area contributed by atoms with Gasteiger partial charge in [-0.3, -0.25) is 0 Å². The van der Waals surface area contributed by atoms with Crippen molar-refractivity contribution in [2.75, 3.05) is 0 Å². The van der Waals surface area contributed by atoms with Gasteiger partial charge in [0.2, 0.25) is 0 Å². The number of fused-ring (bicyclic) bond motifs is 12. The minimum absolute atomic E-state index is 0.903. The molecule has 0 amide bonds. The molecule has 0 unspecified atom stereocenters. The molecule has 14 aromatic carbocycles. The normalized spacial score (nSPS) is 12.1. The first-order valence-corrected chi connectivity index (χ1v) is 25.5. The fraction of sp³-hybridized carbons (Fsp3) is 0. The van der Waals surface area contributed by atoms with Gasteiger partial charge in [-0.15, -0.1) is 0 Å². The zero-order valence-corrected chi connectivity index (χ0v) is 40.1. The highest BCUT2D eigenvalue weighted by molar-refractivity contribution is 6.28. The first-order valence-electron chi connectivity index (χ1n) is 25.5. The molecule has 0 bridgehead atoms. The molecule has 16 rings (SSSR count). The van der Waals surface area contributed by atoms with Crippen LogP contribution in [-0.4, -0.2) is 0 Å². The predicted molar refractivity (Wildman–Crippen MR) is 313 cm³/mol. The van der Waals surface area contributed by atoms with Crippen LogP contribution in [0.15, 0.2) is 264 Å². The molecule has 0 saturated heterocycles. The summed E-state index contributed by atoms with van der Waals surface area (Å²) in [6.07, 6.45) is 0. The van der Waals surface area contributed by atoms with E-state index in [2.05, 4.69) is 243 Å². The number of hydrogen-bond acceptors (Lipinski definition) is 2. The van der Waals surface area contributed by atoms with Crippen LogP contribution >= 0.6 is 0 Å². The molecule has 0 radical (unpaired) electrons. The number of hydrogen-bond donors (Lipinski definition) is 0. The quantitative estimate of drug-likeness (QED) is 0.161. The van der Waals surface area contributed by atoms with Crippen LogP contribution < -0.4 is 0 Å². The van der Waals surface area contributed by atoms with Gasteiger partial charge in [-0.25, -0.2) is 0 Å². The minimum Gasteiger partial charge on any atom is -0.456 e. The third-order valence-electron chi connectivity index (χ3n) is 15.8. The Morgan fingerprint density at radius 3 is 1.08 bits per heavy atom. The van der Waals surface area contributed by atoms with Crippen LogP contribution in [0.1, 0.15) is 0 Å². The lowest BCUT2D eigenvalue weighted by molar-refractivity contribution is 0.668. The van der Waals surface area contributed by atoms with Gasteiger partial charge < -0.3 is 8.83 Å². The van der Waals surface area contributed by atoms with Crippen molar-refractivity contribution in [1.82, 2.24) is 0 Å². The maximum Gasteiger partial charge on any atom is 0.136 e. The van der Waals surface area contributed by atoms with E-state index in [9.17, 15) is 0 Å². The van der Waals surface area contributed by atoms with E-state index in [1.54, 1.807) is 0 Å². The molecule has 342 valence electrons. The Labute approximate surface area is 425 Å². The lowest BCUT2D eigenvalue weighted by atomic mass is 9.83. The molecule has 0 spiro atoms. The van der Waals surface area contributed by atoms with Crippen molar-refractivity contribution < 1.29 is 8.83 Å². The summed E-state index contributed by atoms with van der Waals surface area (Å²) in [4.78, 5) is 0. The molecule has 0 aliphatic rings. The van der Waals surface area contributed by atoms with Crippen LogP contribution in [-0.2, 0) is 0 Å². The monoisotopic (exact) mass is 938 g/mol. The van der Waals surface area contributed by atoms with E-state index in [-0.39, 0.29) is 0 Å².